The maximum atomic E-state index is 12.6. The van der Waals surface area contributed by atoms with Crippen LogP contribution in [0, 0.1) is 23.2 Å². The average Bonchev–Trinajstić information content (AvgIpc) is 2.59. The van der Waals surface area contributed by atoms with E-state index in [1.807, 2.05) is 18.2 Å². The van der Waals surface area contributed by atoms with Crippen molar-refractivity contribution in [1.82, 2.24) is 0 Å². The second kappa shape index (κ2) is 8.79. The van der Waals surface area contributed by atoms with Crippen molar-refractivity contribution >= 4 is 17.4 Å². The summed E-state index contributed by atoms with van der Waals surface area (Å²) in [5.41, 5.74) is 0.579. The van der Waals surface area contributed by atoms with Crippen LogP contribution in [0.3, 0.4) is 0 Å². The fraction of sp³-hybridized carbons (Fsp3) is 0.550. The molecule has 1 aromatic rings. The number of oxime groups is 1. The Balaban J connectivity index is 2.15. The maximum absolute atomic E-state index is 12.6. The summed E-state index contributed by atoms with van der Waals surface area (Å²) in [6.07, 6.45) is 2.93. The summed E-state index contributed by atoms with van der Waals surface area (Å²) in [5, 5.41) is 12.1. The first-order chi connectivity index (χ1) is 11.9. The fourth-order valence-corrected chi connectivity index (χ4v) is 3.47. The summed E-state index contributed by atoms with van der Waals surface area (Å²) in [4.78, 5) is 17.4. The van der Waals surface area contributed by atoms with Crippen molar-refractivity contribution in [3.63, 3.8) is 0 Å². The highest BCUT2D eigenvalue weighted by Crippen LogP contribution is 2.35. The number of hydrogen-bond donors (Lipinski definition) is 1. The van der Waals surface area contributed by atoms with Crippen LogP contribution < -0.4 is 0 Å². The molecule has 1 aromatic carbocycles. The van der Waals surface area contributed by atoms with E-state index in [1.165, 1.54) is 7.11 Å². The zero-order valence-corrected chi connectivity index (χ0v) is 15.5. The molecule has 1 aliphatic rings. The molecule has 3 atom stereocenters. The van der Waals surface area contributed by atoms with E-state index in [1.54, 1.807) is 12.1 Å². The molecule has 2 rings (SSSR count). The molecular weight excluding hydrogens is 316 g/mol. The Bertz CT molecular complexity index is 625. The van der Waals surface area contributed by atoms with Gasteiger partial charge in [-0.15, -0.1) is 0 Å². The van der Waals surface area contributed by atoms with E-state index in [9.17, 15) is 4.79 Å². The van der Waals surface area contributed by atoms with Gasteiger partial charge in [-0.3, -0.25) is 5.41 Å². The van der Waals surface area contributed by atoms with Crippen LogP contribution in [0.15, 0.2) is 35.5 Å². The maximum Gasteiger partial charge on any atom is 0.358 e. The molecule has 1 saturated carbocycles. The number of nitrogens with zero attached hydrogens (tertiary/aromatic N) is 1. The molecule has 5 nitrogen and oxygen atoms in total. The molecule has 1 N–H and O–H groups in total. The van der Waals surface area contributed by atoms with E-state index in [4.69, 9.17) is 15.0 Å². The summed E-state index contributed by atoms with van der Waals surface area (Å²) >= 11 is 0. The molecule has 1 fully saturated rings. The minimum Gasteiger partial charge on any atom is -0.457 e. The fourth-order valence-electron chi connectivity index (χ4n) is 3.47. The monoisotopic (exact) mass is 344 g/mol. The van der Waals surface area contributed by atoms with Crippen LogP contribution in [0.4, 0.5) is 0 Å². The van der Waals surface area contributed by atoms with Gasteiger partial charge in [-0.2, -0.15) is 0 Å². The lowest BCUT2D eigenvalue weighted by Crippen LogP contribution is -2.38. The second-order valence-electron chi connectivity index (χ2n) is 7.13. The Labute approximate surface area is 149 Å². The Morgan fingerprint density at radius 1 is 1.24 bits per heavy atom. The van der Waals surface area contributed by atoms with Gasteiger partial charge in [0, 0.05) is 5.56 Å². The number of rotatable bonds is 6. The third-order valence-corrected chi connectivity index (χ3v) is 4.89. The molecule has 1 aliphatic carbocycles. The van der Waals surface area contributed by atoms with Crippen molar-refractivity contribution in [2.75, 3.05) is 7.11 Å². The first-order valence-electron chi connectivity index (χ1n) is 8.90. The normalized spacial score (nSPS) is 24.0. The van der Waals surface area contributed by atoms with Crippen molar-refractivity contribution in [3.8, 4) is 0 Å². The van der Waals surface area contributed by atoms with Crippen molar-refractivity contribution in [1.29, 1.82) is 5.41 Å². The van der Waals surface area contributed by atoms with Gasteiger partial charge in [0.2, 0.25) is 0 Å². The Morgan fingerprint density at radius 3 is 2.52 bits per heavy atom. The van der Waals surface area contributed by atoms with Crippen molar-refractivity contribution < 1.29 is 14.4 Å². The quantitative estimate of drug-likeness (QED) is 0.480. The molecule has 0 saturated heterocycles. The number of esters is 1. The molecule has 0 amide bonds. The van der Waals surface area contributed by atoms with Crippen molar-refractivity contribution in [2.24, 2.45) is 22.9 Å². The Kier molecular flexibility index (Phi) is 6.73. The highest BCUT2D eigenvalue weighted by atomic mass is 16.6. The summed E-state index contributed by atoms with van der Waals surface area (Å²) in [6.45, 7) is 6.51. The lowest BCUT2D eigenvalue weighted by molar-refractivity contribution is -0.147. The molecular formula is C20H28N2O3. The van der Waals surface area contributed by atoms with E-state index in [0.717, 1.165) is 19.3 Å². The van der Waals surface area contributed by atoms with Gasteiger partial charge in [0.15, 0.2) is 5.71 Å². The van der Waals surface area contributed by atoms with E-state index in [-0.39, 0.29) is 17.5 Å². The van der Waals surface area contributed by atoms with E-state index in [2.05, 4.69) is 25.9 Å². The lowest BCUT2D eigenvalue weighted by atomic mass is 9.75. The summed E-state index contributed by atoms with van der Waals surface area (Å²) < 4.78 is 5.75. The molecule has 0 heterocycles. The largest absolute Gasteiger partial charge is 0.457 e. The van der Waals surface area contributed by atoms with E-state index >= 15 is 0 Å². The minimum absolute atomic E-state index is 0.142. The molecule has 136 valence electrons. The molecule has 0 bridgehead atoms. The van der Waals surface area contributed by atoms with Crippen LogP contribution in [-0.2, 0) is 14.4 Å². The van der Waals surface area contributed by atoms with Crippen LogP contribution in [0.2, 0.25) is 0 Å². The standard InChI is InChI=1S/C20H28N2O3/c1-13(2)16-11-10-14(3)12-17(16)25-20(23)18(21)19(22-24-4)15-8-6-5-7-9-15/h5-9,13-14,16-17,21H,10-12H2,1-4H3/b21-18?,22-19+/t14-,16+,17-/m1/s1. The number of carbonyl (C=O) groups excluding carboxylic acids is 1. The van der Waals surface area contributed by atoms with Crippen LogP contribution in [0.1, 0.15) is 45.6 Å². The zero-order valence-electron chi connectivity index (χ0n) is 15.5. The van der Waals surface area contributed by atoms with Crippen LogP contribution in [0.25, 0.3) is 0 Å². The van der Waals surface area contributed by atoms with Crippen LogP contribution in [0.5, 0.6) is 0 Å². The second-order valence-corrected chi connectivity index (χ2v) is 7.13. The predicted molar refractivity (Wildman–Crippen MR) is 98.9 cm³/mol. The SMILES string of the molecule is CO/N=C(/C(=N)C(=O)O[C@@H]1C[C@H](C)CC[C@H]1C(C)C)c1ccccc1. The molecule has 0 aliphatic heterocycles. The van der Waals surface area contributed by atoms with Gasteiger partial charge in [-0.05, 0) is 30.6 Å². The molecule has 5 heteroatoms. The topological polar surface area (TPSA) is 71.7 Å². The molecule has 0 unspecified atom stereocenters. The number of nitrogens with one attached hydrogen (secondary N) is 1. The highest BCUT2D eigenvalue weighted by molar-refractivity contribution is 6.68. The summed E-state index contributed by atoms with van der Waals surface area (Å²) in [6, 6.07) is 9.11. The molecule has 0 radical (unpaired) electrons. The first-order valence-corrected chi connectivity index (χ1v) is 8.90. The molecule has 0 aromatic heterocycles. The van der Waals surface area contributed by atoms with Gasteiger partial charge in [0.1, 0.15) is 18.9 Å². The van der Waals surface area contributed by atoms with Gasteiger partial charge in [0.05, 0.1) is 0 Å². The zero-order chi connectivity index (χ0) is 18.4. The Hall–Kier alpha value is -2.17. The van der Waals surface area contributed by atoms with Crippen LogP contribution in [-0.4, -0.2) is 30.6 Å². The number of benzene rings is 1. The number of hydrogen-bond acceptors (Lipinski definition) is 5. The van der Waals surface area contributed by atoms with Gasteiger partial charge >= 0.3 is 5.97 Å². The van der Waals surface area contributed by atoms with Gasteiger partial charge in [0.25, 0.3) is 0 Å². The number of carbonyl (C=O) groups is 1. The summed E-state index contributed by atoms with van der Waals surface area (Å²) in [7, 11) is 1.40. The van der Waals surface area contributed by atoms with Gasteiger partial charge in [-0.1, -0.05) is 62.7 Å². The third kappa shape index (κ3) is 4.91. The molecule has 25 heavy (non-hydrogen) atoms. The average molecular weight is 344 g/mol. The van der Waals surface area contributed by atoms with E-state index in [0.29, 0.717) is 23.3 Å². The smallest absolute Gasteiger partial charge is 0.358 e. The minimum atomic E-state index is -0.635. The van der Waals surface area contributed by atoms with Gasteiger partial charge in [-0.25, -0.2) is 4.79 Å². The third-order valence-electron chi connectivity index (χ3n) is 4.89. The summed E-state index contributed by atoms with van der Waals surface area (Å²) in [5.74, 6) is 0.681. The first kappa shape index (κ1) is 19.2. The Morgan fingerprint density at radius 2 is 1.92 bits per heavy atom. The van der Waals surface area contributed by atoms with Gasteiger partial charge < -0.3 is 9.57 Å². The van der Waals surface area contributed by atoms with Crippen molar-refractivity contribution in [2.45, 2.75) is 46.1 Å². The lowest BCUT2D eigenvalue weighted by Gasteiger charge is -2.36. The van der Waals surface area contributed by atoms with Crippen molar-refractivity contribution in [3.05, 3.63) is 35.9 Å². The highest BCUT2D eigenvalue weighted by Gasteiger charge is 2.34. The predicted octanol–water partition coefficient (Wildman–Crippen LogP) is 4.06. The number of ether oxygens (including phenoxy) is 1. The van der Waals surface area contributed by atoms with E-state index < -0.39 is 5.97 Å². The van der Waals surface area contributed by atoms with Crippen LogP contribution >= 0.6 is 0 Å². The molecule has 0 spiro atoms.